The van der Waals surface area contributed by atoms with Crippen molar-refractivity contribution in [1.82, 2.24) is 9.47 Å². The van der Waals surface area contributed by atoms with Gasteiger partial charge in [-0.15, -0.1) is 0 Å². The van der Waals surface area contributed by atoms with E-state index >= 15 is 0 Å². The Morgan fingerprint density at radius 3 is 2.17 bits per heavy atom. The second-order valence-electron chi connectivity index (χ2n) is 9.07. The summed E-state index contributed by atoms with van der Waals surface area (Å²) in [5, 5.41) is 0. The second-order valence-corrected chi connectivity index (χ2v) is 9.07. The van der Waals surface area contributed by atoms with Crippen LogP contribution in [-0.2, 0) is 16.1 Å². The van der Waals surface area contributed by atoms with Crippen molar-refractivity contribution in [1.29, 1.82) is 0 Å². The first-order valence-electron chi connectivity index (χ1n) is 10.7. The Labute approximate surface area is 174 Å². The van der Waals surface area contributed by atoms with E-state index in [1.54, 1.807) is 11.8 Å². The normalized spacial score (nSPS) is 15.3. The van der Waals surface area contributed by atoms with Crippen molar-refractivity contribution >= 4 is 17.7 Å². The molecule has 0 spiro atoms. The minimum atomic E-state index is -0.547. The van der Waals surface area contributed by atoms with Crippen LogP contribution in [0.15, 0.2) is 0 Å². The molecule has 0 aliphatic heterocycles. The highest BCUT2D eigenvalue weighted by atomic mass is 16.5. The molecule has 1 aliphatic carbocycles. The van der Waals surface area contributed by atoms with Crippen LogP contribution in [-0.4, -0.2) is 46.8 Å². The molecule has 0 aromatic carbocycles. The van der Waals surface area contributed by atoms with Crippen molar-refractivity contribution in [2.24, 2.45) is 5.41 Å². The summed E-state index contributed by atoms with van der Waals surface area (Å²) in [5.74, 6) is -0.543. The molecule has 0 radical (unpaired) electrons. The van der Waals surface area contributed by atoms with Crippen LogP contribution in [0.3, 0.4) is 0 Å². The lowest BCUT2D eigenvalue weighted by Crippen LogP contribution is -2.49. The first-order chi connectivity index (χ1) is 13.5. The zero-order valence-electron chi connectivity index (χ0n) is 19.1. The van der Waals surface area contributed by atoms with Gasteiger partial charge in [0.25, 0.3) is 0 Å². The predicted molar refractivity (Wildman–Crippen MR) is 113 cm³/mol. The molecule has 1 saturated carbocycles. The third-order valence-electron chi connectivity index (χ3n) is 5.97. The fourth-order valence-electron chi connectivity index (χ4n) is 4.49. The SMILES string of the molecule is CCn1c(C)c(C(=O)CN(C(=O)C(C)(C)C)C2CCCCC2)c(C)c1C(=O)OC. The van der Waals surface area contributed by atoms with Crippen molar-refractivity contribution in [3.63, 3.8) is 0 Å². The highest BCUT2D eigenvalue weighted by Crippen LogP contribution is 2.29. The Balaban J connectivity index is 2.42. The van der Waals surface area contributed by atoms with Crippen LogP contribution in [0, 0.1) is 19.3 Å². The van der Waals surface area contributed by atoms with Gasteiger partial charge in [-0.1, -0.05) is 40.0 Å². The number of hydrogen-bond acceptors (Lipinski definition) is 4. The van der Waals surface area contributed by atoms with Gasteiger partial charge in [-0.25, -0.2) is 4.79 Å². The van der Waals surface area contributed by atoms with Gasteiger partial charge < -0.3 is 14.2 Å². The van der Waals surface area contributed by atoms with Gasteiger partial charge in [0.05, 0.1) is 13.7 Å². The number of aromatic nitrogens is 1. The largest absolute Gasteiger partial charge is 0.464 e. The van der Waals surface area contributed by atoms with Gasteiger partial charge in [-0.05, 0) is 39.2 Å². The minimum Gasteiger partial charge on any atom is -0.464 e. The molecule has 6 heteroatoms. The summed E-state index contributed by atoms with van der Waals surface area (Å²) in [6.45, 7) is 11.9. The van der Waals surface area contributed by atoms with Gasteiger partial charge in [-0.2, -0.15) is 0 Å². The van der Waals surface area contributed by atoms with Crippen LogP contribution in [0.4, 0.5) is 0 Å². The molecule has 0 atom stereocenters. The summed E-state index contributed by atoms with van der Waals surface area (Å²) in [6.07, 6.45) is 5.24. The van der Waals surface area contributed by atoms with Crippen LogP contribution in [0.25, 0.3) is 0 Å². The molecule has 6 nitrogen and oxygen atoms in total. The van der Waals surface area contributed by atoms with E-state index in [2.05, 4.69) is 0 Å². The van der Waals surface area contributed by atoms with E-state index in [4.69, 9.17) is 4.74 Å². The molecule has 0 saturated heterocycles. The van der Waals surface area contributed by atoms with E-state index in [1.165, 1.54) is 13.5 Å². The summed E-state index contributed by atoms with van der Waals surface area (Å²) in [6, 6.07) is 0.105. The highest BCUT2D eigenvalue weighted by Gasteiger charge is 2.35. The number of nitrogens with zero attached hydrogens (tertiary/aromatic N) is 2. The number of carbonyl (C=O) groups is 3. The molecule has 162 valence electrons. The van der Waals surface area contributed by atoms with E-state index in [9.17, 15) is 14.4 Å². The Kier molecular flexibility index (Phi) is 7.30. The molecular formula is C23H36N2O4. The molecule has 1 amide bonds. The molecule has 0 unspecified atom stereocenters. The molecule has 1 fully saturated rings. The summed E-state index contributed by atoms with van der Waals surface area (Å²) in [4.78, 5) is 40.7. The average Bonchev–Trinajstić information content (AvgIpc) is 2.94. The number of carbonyl (C=O) groups excluding carboxylic acids is 3. The molecular weight excluding hydrogens is 368 g/mol. The molecule has 1 aromatic heterocycles. The van der Waals surface area contributed by atoms with Gasteiger partial charge in [0, 0.05) is 29.3 Å². The topological polar surface area (TPSA) is 68.6 Å². The van der Waals surface area contributed by atoms with Crippen molar-refractivity contribution in [2.45, 2.75) is 86.2 Å². The standard InChI is InChI=1S/C23H36N2O4/c1-8-24-16(3)19(15(2)20(24)21(27)29-7)18(26)14-25(22(28)23(4,5)6)17-12-10-9-11-13-17/h17H,8-14H2,1-7H3. The summed E-state index contributed by atoms with van der Waals surface area (Å²) >= 11 is 0. The number of Topliss-reactive ketones (excluding diaryl/α,β-unsaturated/α-hetero) is 1. The Hall–Kier alpha value is -2.11. The maximum Gasteiger partial charge on any atom is 0.354 e. The Morgan fingerprint density at radius 1 is 1.10 bits per heavy atom. The van der Waals surface area contributed by atoms with Crippen LogP contribution < -0.4 is 0 Å². The zero-order chi connectivity index (χ0) is 21.9. The number of esters is 1. The van der Waals surface area contributed by atoms with Crippen molar-refractivity contribution in [3.8, 4) is 0 Å². The van der Waals surface area contributed by atoms with Crippen molar-refractivity contribution in [2.75, 3.05) is 13.7 Å². The second kappa shape index (κ2) is 9.14. The van der Waals surface area contributed by atoms with Gasteiger partial charge in [0.2, 0.25) is 5.91 Å². The number of ether oxygens (including phenoxy) is 1. The lowest BCUT2D eigenvalue weighted by molar-refractivity contribution is -0.142. The number of methoxy groups -OCH3 is 1. The van der Waals surface area contributed by atoms with Gasteiger partial charge in [0.1, 0.15) is 5.69 Å². The minimum absolute atomic E-state index is 0.0103. The maximum absolute atomic E-state index is 13.4. The van der Waals surface area contributed by atoms with Crippen LogP contribution in [0.5, 0.6) is 0 Å². The molecule has 1 aliphatic rings. The molecule has 0 bridgehead atoms. The zero-order valence-corrected chi connectivity index (χ0v) is 19.1. The lowest BCUT2D eigenvalue weighted by atomic mass is 9.89. The summed E-state index contributed by atoms with van der Waals surface area (Å²) in [7, 11) is 1.35. The van der Waals surface area contributed by atoms with E-state index in [-0.39, 0.29) is 24.3 Å². The van der Waals surface area contributed by atoms with E-state index in [0.717, 1.165) is 31.4 Å². The van der Waals surface area contributed by atoms with Gasteiger partial charge >= 0.3 is 5.97 Å². The van der Waals surface area contributed by atoms with Crippen LogP contribution in [0.1, 0.15) is 91.9 Å². The number of rotatable bonds is 6. The quantitative estimate of drug-likeness (QED) is 0.524. The molecule has 0 N–H and O–H groups in total. The fraction of sp³-hybridized carbons (Fsp3) is 0.696. The third kappa shape index (κ3) is 4.73. The third-order valence-corrected chi connectivity index (χ3v) is 5.97. The highest BCUT2D eigenvalue weighted by molar-refractivity contribution is 6.05. The maximum atomic E-state index is 13.4. The molecule has 1 heterocycles. The molecule has 2 rings (SSSR count). The molecule has 29 heavy (non-hydrogen) atoms. The van der Waals surface area contributed by atoms with E-state index in [1.807, 2.05) is 39.2 Å². The predicted octanol–water partition coefficient (Wildman–Crippen LogP) is 4.30. The summed E-state index contributed by atoms with van der Waals surface area (Å²) < 4.78 is 6.76. The molecule has 1 aromatic rings. The van der Waals surface area contributed by atoms with Crippen molar-refractivity contribution in [3.05, 3.63) is 22.5 Å². The summed E-state index contributed by atoms with van der Waals surface area (Å²) in [5.41, 5.74) is 1.79. The average molecular weight is 405 g/mol. The first-order valence-corrected chi connectivity index (χ1v) is 10.7. The Morgan fingerprint density at radius 2 is 1.69 bits per heavy atom. The monoisotopic (exact) mass is 404 g/mol. The van der Waals surface area contributed by atoms with Crippen molar-refractivity contribution < 1.29 is 19.1 Å². The number of amides is 1. The lowest BCUT2D eigenvalue weighted by Gasteiger charge is -2.37. The van der Waals surface area contributed by atoms with Gasteiger partial charge in [0.15, 0.2) is 5.78 Å². The smallest absolute Gasteiger partial charge is 0.354 e. The van der Waals surface area contributed by atoms with Crippen LogP contribution in [0.2, 0.25) is 0 Å². The van der Waals surface area contributed by atoms with E-state index in [0.29, 0.717) is 23.4 Å². The van der Waals surface area contributed by atoms with E-state index < -0.39 is 11.4 Å². The van der Waals surface area contributed by atoms with Crippen LogP contribution >= 0.6 is 0 Å². The van der Waals surface area contributed by atoms with Gasteiger partial charge in [-0.3, -0.25) is 9.59 Å². The number of ketones is 1. The first kappa shape index (κ1) is 23.2. The Bertz CT molecular complexity index is 780. The fourth-order valence-corrected chi connectivity index (χ4v) is 4.49. The number of hydrogen-bond donors (Lipinski definition) is 0.